The molecule has 2 heteroatoms. The lowest BCUT2D eigenvalue weighted by molar-refractivity contribution is -0.120. The van der Waals surface area contributed by atoms with Gasteiger partial charge in [0.25, 0.3) is 0 Å². The molecule has 92 valence electrons. The Balaban J connectivity index is 1.89. The number of hydrogen-bond donors (Lipinski definition) is 0. The average molecular weight is 232 g/mol. The van der Waals surface area contributed by atoms with Gasteiger partial charge in [0.05, 0.1) is 6.61 Å². The molecule has 0 radical (unpaired) electrons. The van der Waals surface area contributed by atoms with Crippen LogP contribution in [0.25, 0.3) is 0 Å². The molecular weight excluding hydrogens is 212 g/mol. The van der Waals surface area contributed by atoms with Crippen LogP contribution < -0.4 is 4.74 Å². The van der Waals surface area contributed by atoms with Gasteiger partial charge in [-0.25, -0.2) is 0 Å². The van der Waals surface area contributed by atoms with Crippen molar-refractivity contribution in [2.75, 3.05) is 6.61 Å². The van der Waals surface area contributed by atoms with Crippen molar-refractivity contribution in [3.8, 4) is 5.75 Å². The lowest BCUT2D eigenvalue weighted by atomic mass is 10.1. The number of rotatable bonds is 5. The fourth-order valence-electron chi connectivity index (χ4n) is 1.96. The normalized spacial score (nSPS) is 14.8. The minimum Gasteiger partial charge on any atom is -0.493 e. The summed E-state index contributed by atoms with van der Waals surface area (Å²) in [5.74, 6) is 1.63. The zero-order chi connectivity index (χ0) is 12.4. The van der Waals surface area contributed by atoms with Crippen LogP contribution in [0, 0.1) is 26.7 Å². The van der Waals surface area contributed by atoms with Crippen molar-refractivity contribution >= 4 is 5.78 Å². The van der Waals surface area contributed by atoms with Crippen LogP contribution in [-0.4, -0.2) is 12.4 Å². The second-order valence-corrected chi connectivity index (χ2v) is 5.04. The van der Waals surface area contributed by atoms with E-state index in [9.17, 15) is 4.79 Å². The highest BCUT2D eigenvalue weighted by Crippen LogP contribution is 2.31. The Kier molecular flexibility index (Phi) is 3.51. The van der Waals surface area contributed by atoms with E-state index in [1.165, 1.54) is 11.1 Å². The predicted octanol–water partition coefficient (Wildman–Crippen LogP) is 3.36. The van der Waals surface area contributed by atoms with Gasteiger partial charge in [-0.15, -0.1) is 0 Å². The van der Waals surface area contributed by atoms with E-state index >= 15 is 0 Å². The highest BCUT2D eigenvalue weighted by Gasteiger charge is 2.28. The van der Waals surface area contributed by atoms with Crippen molar-refractivity contribution in [3.63, 3.8) is 0 Å². The molecule has 1 fully saturated rings. The molecule has 2 rings (SSSR count). The first-order valence-corrected chi connectivity index (χ1v) is 6.31. The zero-order valence-electron chi connectivity index (χ0n) is 10.9. The molecule has 1 aliphatic rings. The van der Waals surface area contributed by atoms with E-state index in [2.05, 4.69) is 26.0 Å². The third-order valence-corrected chi connectivity index (χ3v) is 3.43. The molecule has 1 aromatic carbocycles. The summed E-state index contributed by atoms with van der Waals surface area (Å²) in [7, 11) is 0. The molecule has 0 heterocycles. The summed E-state index contributed by atoms with van der Waals surface area (Å²) >= 11 is 0. The van der Waals surface area contributed by atoms with Crippen molar-refractivity contribution in [3.05, 3.63) is 28.8 Å². The smallest absolute Gasteiger partial charge is 0.139 e. The van der Waals surface area contributed by atoms with Crippen LogP contribution in [0.5, 0.6) is 5.75 Å². The van der Waals surface area contributed by atoms with E-state index in [1.807, 2.05) is 6.92 Å². The quantitative estimate of drug-likeness (QED) is 0.778. The summed E-state index contributed by atoms with van der Waals surface area (Å²) in [6.07, 6.45) is 2.72. The van der Waals surface area contributed by atoms with Crippen molar-refractivity contribution in [2.45, 2.75) is 40.0 Å². The second kappa shape index (κ2) is 4.91. The Bertz CT molecular complexity index is 431. The molecule has 0 saturated heterocycles. The van der Waals surface area contributed by atoms with Crippen molar-refractivity contribution < 1.29 is 9.53 Å². The number of Topliss-reactive ketones (excluding diaryl/α,β-unsaturated/α-hetero) is 1. The van der Waals surface area contributed by atoms with Gasteiger partial charge in [0, 0.05) is 12.3 Å². The van der Waals surface area contributed by atoms with E-state index in [4.69, 9.17) is 4.74 Å². The molecule has 0 atom stereocenters. The first kappa shape index (κ1) is 12.2. The third kappa shape index (κ3) is 3.09. The average Bonchev–Trinajstić information content (AvgIpc) is 3.09. The number of ether oxygens (including phenoxy) is 1. The van der Waals surface area contributed by atoms with Crippen molar-refractivity contribution in [1.29, 1.82) is 0 Å². The van der Waals surface area contributed by atoms with Crippen molar-refractivity contribution in [2.24, 2.45) is 5.92 Å². The van der Waals surface area contributed by atoms with E-state index < -0.39 is 0 Å². The summed E-state index contributed by atoms with van der Waals surface area (Å²) in [6, 6.07) is 4.19. The summed E-state index contributed by atoms with van der Waals surface area (Å²) in [4.78, 5) is 11.5. The number of benzene rings is 1. The minimum atomic E-state index is 0.347. The number of hydrogen-bond acceptors (Lipinski definition) is 2. The summed E-state index contributed by atoms with van der Waals surface area (Å²) in [5.41, 5.74) is 3.66. The summed E-state index contributed by atoms with van der Waals surface area (Å²) in [6.45, 7) is 6.74. The fraction of sp³-hybridized carbons (Fsp3) is 0.533. The lowest BCUT2D eigenvalue weighted by Crippen LogP contribution is -2.08. The zero-order valence-corrected chi connectivity index (χ0v) is 10.9. The Labute approximate surface area is 103 Å². The van der Waals surface area contributed by atoms with Crippen LogP contribution in [0.1, 0.15) is 36.0 Å². The third-order valence-electron chi connectivity index (χ3n) is 3.43. The van der Waals surface area contributed by atoms with Gasteiger partial charge in [0.1, 0.15) is 11.5 Å². The summed E-state index contributed by atoms with van der Waals surface area (Å²) in [5, 5.41) is 0. The minimum absolute atomic E-state index is 0.347. The van der Waals surface area contributed by atoms with Gasteiger partial charge in [0.15, 0.2) is 0 Å². The molecular formula is C15H20O2. The van der Waals surface area contributed by atoms with Gasteiger partial charge in [-0.1, -0.05) is 6.07 Å². The first-order chi connectivity index (χ1) is 8.08. The topological polar surface area (TPSA) is 26.3 Å². The molecule has 0 bridgehead atoms. The Morgan fingerprint density at radius 3 is 2.47 bits per heavy atom. The molecule has 1 aromatic rings. The number of aryl methyl sites for hydroxylation is 3. The predicted molar refractivity (Wildman–Crippen MR) is 68.5 cm³/mol. The Hall–Kier alpha value is -1.31. The molecule has 0 amide bonds. The second-order valence-electron chi connectivity index (χ2n) is 5.04. The first-order valence-electron chi connectivity index (χ1n) is 6.31. The van der Waals surface area contributed by atoms with Crippen LogP contribution in [0.3, 0.4) is 0 Å². The van der Waals surface area contributed by atoms with E-state index in [1.54, 1.807) is 0 Å². The number of carbonyl (C=O) groups is 1. The van der Waals surface area contributed by atoms with Crippen LogP contribution >= 0.6 is 0 Å². The monoisotopic (exact) mass is 232 g/mol. The Morgan fingerprint density at radius 1 is 1.18 bits per heavy atom. The Morgan fingerprint density at radius 2 is 1.82 bits per heavy atom. The molecule has 0 N–H and O–H groups in total. The van der Waals surface area contributed by atoms with Crippen LogP contribution in [0.15, 0.2) is 12.1 Å². The SMILES string of the molecule is Cc1cc(C)c(OCCC(=O)C2CC2)cc1C. The largest absolute Gasteiger partial charge is 0.493 e. The highest BCUT2D eigenvalue weighted by molar-refractivity contribution is 5.83. The lowest BCUT2D eigenvalue weighted by Gasteiger charge is -2.11. The maximum absolute atomic E-state index is 11.5. The van der Waals surface area contributed by atoms with Crippen LogP contribution in [0.4, 0.5) is 0 Å². The van der Waals surface area contributed by atoms with Gasteiger partial charge in [0.2, 0.25) is 0 Å². The van der Waals surface area contributed by atoms with Gasteiger partial charge in [-0.05, 0) is 56.4 Å². The molecule has 2 nitrogen and oxygen atoms in total. The van der Waals surface area contributed by atoms with E-state index in [-0.39, 0.29) is 0 Å². The molecule has 0 aliphatic heterocycles. The number of ketones is 1. The maximum Gasteiger partial charge on any atom is 0.139 e. The van der Waals surface area contributed by atoms with Crippen molar-refractivity contribution in [1.82, 2.24) is 0 Å². The molecule has 1 aliphatic carbocycles. The van der Waals surface area contributed by atoms with Crippen LogP contribution in [0.2, 0.25) is 0 Å². The molecule has 17 heavy (non-hydrogen) atoms. The van der Waals surface area contributed by atoms with Gasteiger partial charge < -0.3 is 4.74 Å². The van der Waals surface area contributed by atoms with Gasteiger partial charge in [-0.3, -0.25) is 4.79 Å². The van der Waals surface area contributed by atoms with Gasteiger partial charge in [-0.2, -0.15) is 0 Å². The highest BCUT2D eigenvalue weighted by atomic mass is 16.5. The molecule has 1 saturated carbocycles. The van der Waals surface area contributed by atoms with E-state index in [0.717, 1.165) is 24.2 Å². The molecule has 0 spiro atoms. The standard InChI is InChI=1S/C15H20O2/c1-10-8-12(3)15(9-11(10)2)17-7-6-14(16)13-4-5-13/h8-9,13H,4-7H2,1-3H3. The van der Waals surface area contributed by atoms with Crippen LogP contribution in [-0.2, 0) is 4.79 Å². The number of carbonyl (C=O) groups excluding carboxylic acids is 1. The van der Waals surface area contributed by atoms with Gasteiger partial charge >= 0.3 is 0 Å². The maximum atomic E-state index is 11.5. The fourth-order valence-corrected chi connectivity index (χ4v) is 1.96. The molecule has 0 aromatic heterocycles. The molecule has 0 unspecified atom stereocenters. The van der Waals surface area contributed by atoms with E-state index in [0.29, 0.717) is 24.7 Å². The summed E-state index contributed by atoms with van der Waals surface area (Å²) < 4.78 is 5.70.